The lowest BCUT2D eigenvalue weighted by atomic mass is 10.1. The molecule has 0 bridgehead atoms. The second-order valence-electron chi connectivity index (χ2n) is 5.16. The number of nitrogens with zero attached hydrogens (tertiary/aromatic N) is 1. The molecule has 5 heteroatoms. The van der Waals surface area contributed by atoms with Crippen molar-refractivity contribution in [2.24, 2.45) is 0 Å². The molecule has 0 radical (unpaired) electrons. The van der Waals surface area contributed by atoms with Crippen molar-refractivity contribution in [3.8, 4) is 34.2 Å². The number of hydrogen-bond donors (Lipinski definition) is 0. The van der Waals surface area contributed by atoms with Crippen LogP contribution < -0.4 is 14.2 Å². The van der Waals surface area contributed by atoms with Gasteiger partial charge in [0.25, 0.3) is 0 Å². The SMILES string of the molecule is COc1cc(-c2cccn2-c2cccc(Br)c2)cc(OC)c1OC. The van der Waals surface area contributed by atoms with Crippen molar-refractivity contribution >= 4 is 15.9 Å². The van der Waals surface area contributed by atoms with Crippen LogP contribution in [0.3, 0.4) is 0 Å². The minimum atomic E-state index is 0.587. The van der Waals surface area contributed by atoms with Gasteiger partial charge in [-0.05, 0) is 42.5 Å². The van der Waals surface area contributed by atoms with Gasteiger partial charge in [0.05, 0.1) is 27.0 Å². The summed E-state index contributed by atoms with van der Waals surface area (Å²) in [7, 11) is 4.84. The summed E-state index contributed by atoms with van der Waals surface area (Å²) in [5.41, 5.74) is 3.08. The first-order valence-corrected chi connectivity index (χ1v) is 8.21. The number of aromatic nitrogens is 1. The highest BCUT2D eigenvalue weighted by Gasteiger charge is 2.16. The minimum Gasteiger partial charge on any atom is -0.493 e. The molecule has 3 rings (SSSR count). The summed E-state index contributed by atoms with van der Waals surface area (Å²) in [6.07, 6.45) is 2.03. The highest BCUT2D eigenvalue weighted by atomic mass is 79.9. The second-order valence-corrected chi connectivity index (χ2v) is 6.07. The predicted molar refractivity (Wildman–Crippen MR) is 98.6 cm³/mol. The third-order valence-electron chi connectivity index (χ3n) is 3.80. The number of ether oxygens (including phenoxy) is 3. The van der Waals surface area contributed by atoms with Gasteiger partial charge in [-0.2, -0.15) is 0 Å². The molecule has 0 unspecified atom stereocenters. The van der Waals surface area contributed by atoms with Gasteiger partial charge in [0, 0.05) is 21.9 Å². The van der Waals surface area contributed by atoms with Gasteiger partial charge in [-0.25, -0.2) is 0 Å². The van der Waals surface area contributed by atoms with E-state index in [2.05, 4.69) is 38.7 Å². The van der Waals surface area contributed by atoms with Crippen molar-refractivity contribution in [2.75, 3.05) is 21.3 Å². The Morgan fingerprint density at radius 3 is 2.12 bits per heavy atom. The molecular formula is C19H18BrNO3. The molecule has 0 saturated carbocycles. The molecule has 0 amide bonds. The van der Waals surface area contributed by atoms with E-state index < -0.39 is 0 Å². The molecule has 0 saturated heterocycles. The molecule has 1 heterocycles. The summed E-state index contributed by atoms with van der Waals surface area (Å²) in [6, 6.07) is 16.1. The molecule has 24 heavy (non-hydrogen) atoms. The first-order valence-electron chi connectivity index (χ1n) is 7.41. The summed E-state index contributed by atoms with van der Waals surface area (Å²) in [4.78, 5) is 0. The summed E-state index contributed by atoms with van der Waals surface area (Å²) in [5.74, 6) is 1.85. The Balaban J connectivity index is 2.16. The Kier molecular flexibility index (Phi) is 4.81. The predicted octanol–water partition coefficient (Wildman–Crippen LogP) is 4.93. The standard InChI is InChI=1S/C19H18BrNO3/c1-22-17-10-13(11-18(23-2)19(17)24-3)16-8-5-9-21(16)15-7-4-6-14(20)12-15/h4-12H,1-3H3. The average Bonchev–Trinajstić information content (AvgIpc) is 3.10. The zero-order valence-electron chi connectivity index (χ0n) is 13.7. The van der Waals surface area contributed by atoms with Crippen LogP contribution in [0.15, 0.2) is 59.2 Å². The smallest absolute Gasteiger partial charge is 0.203 e. The number of benzene rings is 2. The van der Waals surface area contributed by atoms with Crippen molar-refractivity contribution in [1.29, 1.82) is 0 Å². The van der Waals surface area contributed by atoms with Gasteiger partial charge in [-0.1, -0.05) is 22.0 Å². The molecule has 0 fully saturated rings. The summed E-state index contributed by atoms with van der Waals surface area (Å²) in [5, 5.41) is 0. The van der Waals surface area contributed by atoms with Crippen molar-refractivity contribution in [3.63, 3.8) is 0 Å². The molecule has 0 aliphatic heterocycles. The van der Waals surface area contributed by atoms with E-state index >= 15 is 0 Å². The van der Waals surface area contributed by atoms with Gasteiger partial charge in [-0.3, -0.25) is 0 Å². The van der Waals surface area contributed by atoms with Gasteiger partial charge in [0.15, 0.2) is 11.5 Å². The molecule has 2 aromatic carbocycles. The number of methoxy groups -OCH3 is 3. The lowest BCUT2D eigenvalue weighted by Crippen LogP contribution is -1.98. The molecule has 1 aromatic heterocycles. The van der Waals surface area contributed by atoms with Crippen LogP contribution in [0.2, 0.25) is 0 Å². The zero-order valence-corrected chi connectivity index (χ0v) is 15.3. The molecule has 0 spiro atoms. The Bertz CT molecular complexity index is 832. The van der Waals surface area contributed by atoms with Crippen LogP contribution in [-0.2, 0) is 0 Å². The molecule has 0 aliphatic rings. The van der Waals surface area contributed by atoms with Crippen molar-refractivity contribution < 1.29 is 14.2 Å². The fraction of sp³-hybridized carbons (Fsp3) is 0.158. The van der Waals surface area contributed by atoms with Crippen LogP contribution >= 0.6 is 15.9 Å². The van der Waals surface area contributed by atoms with Crippen molar-refractivity contribution in [3.05, 3.63) is 59.2 Å². The summed E-state index contributed by atoms with van der Waals surface area (Å²) in [6.45, 7) is 0. The Morgan fingerprint density at radius 1 is 0.833 bits per heavy atom. The maximum Gasteiger partial charge on any atom is 0.203 e. The van der Waals surface area contributed by atoms with Crippen LogP contribution in [0.5, 0.6) is 17.2 Å². The quantitative estimate of drug-likeness (QED) is 0.621. The van der Waals surface area contributed by atoms with E-state index in [0.717, 1.165) is 21.4 Å². The fourth-order valence-electron chi connectivity index (χ4n) is 2.70. The van der Waals surface area contributed by atoms with Gasteiger partial charge < -0.3 is 18.8 Å². The topological polar surface area (TPSA) is 32.6 Å². The number of halogens is 1. The van der Waals surface area contributed by atoms with Crippen LogP contribution in [0.25, 0.3) is 16.9 Å². The second kappa shape index (κ2) is 7.01. The highest BCUT2D eigenvalue weighted by Crippen LogP contribution is 2.41. The number of rotatable bonds is 5. The van der Waals surface area contributed by atoms with E-state index in [4.69, 9.17) is 14.2 Å². The normalized spacial score (nSPS) is 10.5. The average molecular weight is 388 g/mol. The van der Waals surface area contributed by atoms with E-state index in [9.17, 15) is 0 Å². The fourth-order valence-corrected chi connectivity index (χ4v) is 3.08. The van der Waals surface area contributed by atoms with E-state index in [-0.39, 0.29) is 0 Å². The maximum absolute atomic E-state index is 5.46. The molecule has 4 nitrogen and oxygen atoms in total. The molecule has 0 atom stereocenters. The van der Waals surface area contributed by atoms with Gasteiger partial charge >= 0.3 is 0 Å². The Morgan fingerprint density at radius 2 is 1.54 bits per heavy atom. The summed E-state index contributed by atoms with van der Waals surface area (Å²) >= 11 is 3.52. The Labute approximate surface area is 149 Å². The molecule has 0 aliphatic carbocycles. The van der Waals surface area contributed by atoms with Gasteiger partial charge in [0.1, 0.15) is 0 Å². The van der Waals surface area contributed by atoms with Crippen LogP contribution in [0.1, 0.15) is 0 Å². The van der Waals surface area contributed by atoms with E-state index in [0.29, 0.717) is 17.2 Å². The molecule has 3 aromatic rings. The van der Waals surface area contributed by atoms with Crippen molar-refractivity contribution in [1.82, 2.24) is 4.57 Å². The first-order chi connectivity index (χ1) is 11.7. The minimum absolute atomic E-state index is 0.587. The molecule has 124 valence electrons. The monoisotopic (exact) mass is 387 g/mol. The van der Waals surface area contributed by atoms with Gasteiger partial charge in [0.2, 0.25) is 5.75 Å². The van der Waals surface area contributed by atoms with E-state index in [1.165, 1.54) is 0 Å². The van der Waals surface area contributed by atoms with Crippen LogP contribution in [0, 0.1) is 0 Å². The van der Waals surface area contributed by atoms with E-state index in [1.807, 2.05) is 36.5 Å². The maximum atomic E-state index is 5.46. The Hall–Kier alpha value is -2.40. The lowest BCUT2D eigenvalue weighted by Gasteiger charge is -2.15. The van der Waals surface area contributed by atoms with E-state index in [1.54, 1.807) is 21.3 Å². The molecule has 0 N–H and O–H groups in total. The number of hydrogen-bond acceptors (Lipinski definition) is 3. The highest BCUT2D eigenvalue weighted by molar-refractivity contribution is 9.10. The van der Waals surface area contributed by atoms with Crippen LogP contribution in [-0.4, -0.2) is 25.9 Å². The van der Waals surface area contributed by atoms with Gasteiger partial charge in [-0.15, -0.1) is 0 Å². The third-order valence-corrected chi connectivity index (χ3v) is 4.29. The van der Waals surface area contributed by atoms with Crippen LogP contribution in [0.4, 0.5) is 0 Å². The third kappa shape index (κ3) is 2.99. The largest absolute Gasteiger partial charge is 0.493 e. The first kappa shape index (κ1) is 16.5. The molecular weight excluding hydrogens is 370 g/mol. The lowest BCUT2D eigenvalue weighted by molar-refractivity contribution is 0.324. The summed E-state index contributed by atoms with van der Waals surface area (Å²) < 4.78 is 19.5. The van der Waals surface area contributed by atoms with Crippen molar-refractivity contribution in [2.45, 2.75) is 0 Å². The zero-order chi connectivity index (χ0) is 17.1.